The lowest BCUT2D eigenvalue weighted by molar-refractivity contribution is -0.116. The van der Waals surface area contributed by atoms with E-state index < -0.39 is 0 Å². The summed E-state index contributed by atoms with van der Waals surface area (Å²) in [5.74, 6) is 1.24. The second kappa shape index (κ2) is 5.54. The van der Waals surface area contributed by atoms with Gasteiger partial charge in [-0.25, -0.2) is 0 Å². The van der Waals surface area contributed by atoms with E-state index in [4.69, 9.17) is 0 Å². The Morgan fingerprint density at radius 2 is 1.86 bits per heavy atom. The van der Waals surface area contributed by atoms with Crippen molar-refractivity contribution < 1.29 is 4.79 Å². The fourth-order valence-corrected chi connectivity index (χ4v) is 3.55. The van der Waals surface area contributed by atoms with Gasteiger partial charge in [0, 0.05) is 25.7 Å². The van der Waals surface area contributed by atoms with Crippen LogP contribution in [0.15, 0.2) is 36.9 Å². The highest BCUT2D eigenvalue weighted by atomic mass is 16.1. The van der Waals surface area contributed by atoms with Crippen molar-refractivity contribution in [3.05, 3.63) is 48.0 Å². The van der Waals surface area contributed by atoms with E-state index in [1.807, 2.05) is 0 Å². The standard InChI is InChI=1S/C19H26N2O/c1-5-17(22)20-18-15-11-21(12-16(15)18)10-13-6-8-14(9-7-13)19(2,3)4/h5-9,15-16,18H,1,10-12H2,2-4H3,(H,20,22). The molecule has 22 heavy (non-hydrogen) atoms. The van der Waals surface area contributed by atoms with Gasteiger partial charge >= 0.3 is 0 Å². The summed E-state index contributed by atoms with van der Waals surface area (Å²) in [6.45, 7) is 13.4. The zero-order valence-electron chi connectivity index (χ0n) is 13.8. The molecule has 1 heterocycles. The third kappa shape index (κ3) is 3.09. The lowest BCUT2D eigenvalue weighted by Gasteiger charge is -2.22. The molecule has 2 aliphatic rings. The van der Waals surface area contributed by atoms with Gasteiger partial charge in [-0.05, 0) is 34.5 Å². The van der Waals surface area contributed by atoms with Crippen molar-refractivity contribution >= 4 is 5.91 Å². The fraction of sp³-hybridized carbons (Fsp3) is 0.526. The number of piperidine rings is 1. The van der Waals surface area contributed by atoms with Gasteiger partial charge in [0.15, 0.2) is 0 Å². The average Bonchev–Trinajstić information content (AvgIpc) is 2.92. The normalized spacial score (nSPS) is 27.3. The number of nitrogens with one attached hydrogen (secondary N) is 1. The minimum Gasteiger partial charge on any atom is -0.349 e. The minimum atomic E-state index is -0.0382. The van der Waals surface area contributed by atoms with E-state index in [1.54, 1.807) is 0 Å². The van der Waals surface area contributed by atoms with Crippen molar-refractivity contribution in [2.75, 3.05) is 13.1 Å². The van der Waals surface area contributed by atoms with Gasteiger partial charge in [0.25, 0.3) is 0 Å². The molecule has 0 aromatic heterocycles. The third-order valence-corrected chi connectivity index (χ3v) is 4.99. The summed E-state index contributed by atoms with van der Waals surface area (Å²) in [6, 6.07) is 9.38. The lowest BCUT2D eigenvalue weighted by atomic mass is 9.87. The predicted molar refractivity (Wildman–Crippen MR) is 89.5 cm³/mol. The Kier molecular flexibility index (Phi) is 3.85. The molecule has 3 nitrogen and oxygen atoms in total. The van der Waals surface area contributed by atoms with E-state index in [2.05, 4.69) is 61.8 Å². The maximum absolute atomic E-state index is 11.3. The molecule has 1 aliphatic heterocycles. The van der Waals surface area contributed by atoms with Crippen LogP contribution < -0.4 is 5.32 Å². The van der Waals surface area contributed by atoms with Gasteiger partial charge in [0.1, 0.15) is 0 Å². The van der Waals surface area contributed by atoms with Gasteiger partial charge in [-0.15, -0.1) is 0 Å². The Labute approximate surface area is 133 Å². The molecule has 1 amide bonds. The van der Waals surface area contributed by atoms with Crippen LogP contribution in [0.4, 0.5) is 0 Å². The zero-order valence-corrected chi connectivity index (χ0v) is 13.8. The molecule has 0 spiro atoms. The molecule has 0 bridgehead atoms. The minimum absolute atomic E-state index is 0.0382. The molecular formula is C19H26N2O. The number of amides is 1. The van der Waals surface area contributed by atoms with Gasteiger partial charge in [-0.2, -0.15) is 0 Å². The maximum Gasteiger partial charge on any atom is 0.243 e. The summed E-state index contributed by atoms with van der Waals surface area (Å²) in [6.07, 6.45) is 1.36. The highest BCUT2D eigenvalue weighted by Gasteiger charge is 2.55. The monoisotopic (exact) mass is 298 g/mol. The van der Waals surface area contributed by atoms with Gasteiger partial charge in [-0.3, -0.25) is 9.69 Å². The molecule has 2 atom stereocenters. The number of carbonyl (C=O) groups excluding carboxylic acids is 1. The first kappa shape index (κ1) is 15.3. The van der Waals surface area contributed by atoms with E-state index in [0.29, 0.717) is 17.9 Å². The third-order valence-electron chi connectivity index (χ3n) is 4.99. The molecule has 1 aromatic rings. The van der Waals surface area contributed by atoms with E-state index in [0.717, 1.165) is 19.6 Å². The molecule has 1 saturated heterocycles. The van der Waals surface area contributed by atoms with Crippen LogP contribution in [0.25, 0.3) is 0 Å². The molecule has 3 heteroatoms. The van der Waals surface area contributed by atoms with Crippen molar-refractivity contribution in [2.45, 2.75) is 38.8 Å². The molecule has 118 valence electrons. The Hall–Kier alpha value is -1.61. The molecule has 1 aliphatic carbocycles. The summed E-state index contributed by atoms with van der Waals surface area (Å²) in [7, 11) is 0. The highest BCUT2D eigenvalue weighted by molar-refractivity contribution is 5.87. The predicted octanol–water partition coefficient (Wildman–Crippen LogP) is 2.72. The largest absolute Gasteiger partial charge is 0.349 e. The first-order chi connectivity index (χ1) is 10.4. The smallest absolute Gasteiger partial charge is 0.243 e. The number of benzene rings is 1. The second-order valence-electron chi connectivity index (χ2n) is 7.71. The molecule has 2 unspecified atom stereocenters. The zero-order chi connectivity index (χ0) is 15.9. The maximum atomic E-state index is 11.3. The van der Waals surface area contributed by atoms with Crippen LogP contribution in [0, 0.1) is 11.8 Å². The van der Waals surface area contributed by atoms with Crippen LogP contribution in [-0.2, 0) is 16.8 Å². The van der Waals surface area contributed by atoms with Crippen LogP contribution >= 0.6 is 0 Å². The molecule has 3 rings (SSSR count). The first-order valence-corrected chi connectivity index (χ1v) is 8.13. The molecular weight excluding hydrogens is 272 g/mol. The van der Waals surface area contributed by atoms with Gasteiger partial charge < -0.3 is 5.32 Å². The quantitative estimate of drug-likeness (QED) is 0.867. The Bertz CT molecular complexity index is 558. The van der Waals surface area contributed by atoms with Crippen molar-refractivity contribution in [1.82, 2.24) is 10.2 Å². The number of likely N-dealkylation sites (tertiary alicyclic amines) is 1. The summed E-state index contributed by atoms with van der Waals surface area (Å²) in [5.41, 5.74) is 2.97. The number of fused-ring (bicyclic) bond motifs is 1. The summed E-state index contributed by atoms with van der Waals surface area (Å²) >= 11 is 0. The van der Waals surface area contributed by atoms with Gasteiger partial charge in [0.05, 0.1) is 0 Å². The van der Waals surface area contributed by atoms with Gasteiger partial charge in [-0.1, -0.05) is 51.6 Å². The van der Waals surface area contributed by atoms with E-state index in [1.165, 1.54) is 17.2 Å². The SMILES string of the molecule is C=CC(=O)NC1C2CN(Cc3ccc(C(C)(C)C)cc3)CC21. The van der Waals surface area contributed by atoms with E-state index in [-0.39, 0.29) is 11.3 Å². The van der Waals surface area contributed by atoms with Crippen molar-refractivity contribution in [1.29, 1.82) is 0 Å². The molecule has 1 N–H and O–H groups in total. The number of carbonyl (C=O) groups is 1. The fourth-order valence-electron chi connectivity index (χ4n) is 3.55. The van der Waals surface area contributed by atoms with Crippen LogP contribution in [0.5, 0.6) is 0 Å². The number of rotatable bonds is 4. The van der Waals surface area contributed by atoms with Crippen LogP contribution in [0.1, 0.15) is 31.9 Å². The van der Waals surface area contributed by atoms with Crippen LogP contribution in [-0.4, -0.2) is 29.9 Å². The molecule has 0 radical (unpaired) electrons. The number of hydrogen-bond acceptors (Lipinski definition) is 2. The van der Waals surface area contributed by atoms with Crippen molar-refractivity contribution in [3.63, 3.8) is 0 Å². The molecule has 1 aromatic carbocycles. The Morgan fingerprint density at radius 3 is 2.36 bits per heavy atom. The number of nitrogens with zero attached hydrogens (tertiary/aromatic N) is 1. The second-order valence-corrected chi connectivity index (χ2v) is 7.71. The average molecular weight is 298 g/mol. The van der Waals surface area contributed by atoms with Crippen molar-refractivity contribution in [2.24, 2.45) is 11.8 Å². The van der Waals surface area contributed by atoms with E-state index >= 15 is 0 Å². The number of hydrogen-bond donors (Lipinski definition) is 1. The highest BCUT2D eigenvalue weighted by Crippen LogP contribution is 2.45. The Balaban J connectivity index is 1.51. The topological polar surface area (TPSA) is 32.3 Å². The summed E-state index contributed by atoms with van der Waals surface area (Å²) in [5, 5.41) is 3.03. The van der Waals surface area contributed by atoms with Crippen molar-refractivity contribution in [3.8, 4) is 0 Å². The summed E-state index contributed by atoms with van der Waals surface area (Å²) in [4.78, 5) is 13.8. The van der Waals surface area contributed by atoms with E-state index in [9.17, 15) is 4.79 Å². The Morgan fingerprint density at radius 1 is 1.27 bits per heavy atom. The first-order valence-electron chi connectivity index (χ1n) is 8.13. The van der Waals surface area contributed by atoms with Crippen LogP contribution in [0.2, 0.25) is 0 Å². The lowest BCUT2D eigenvalue weighted by Crippen LogP contribution is -2.33. The summed E-state index contributed by atoms with van der Waals surface area (Å²) < 4.78 is 0. The van der Waals surface area contributed by atoms with Crippen LogP contribution in [0.3, 0.4) is 0 Å². The molecule has 1 saturated carbocycles. The van der Waals surface area contributed by atoms with Gasteiger partial charge in [0.2, 0.25) is 5.91 Å². The molecule has 2 fully saturated rings.